The molecule has 0 aliphatic heterocycles. The van der Waals surface area contributed by atoms with Gasteiger partial charge in [0, 0.05) is 12.5 Å². The fraction of sp³-hybridized carbons (Fsp3) is 0.778. The Balaban J connectivity index is 3.16. The van der Waals surface area contributed by atoms with Gasteiger partial charge < -0.3 is 10.2 Å². The van der Waals surface area contributed by atoms with Gasteiger partial charge in [0.05, 0.1) is 6.61 Å². The van der Waals surface area contributed by atoms with Crippen molar-refractivity contribution in [3.05, 3.63) is 0 Å². The molecule has 0 spiro atoms. The summed E-state index contributed by atoms with van der Waals surface area (Å²) in [6, 6.07) is 0. The van der Waals surface area contributed by atoms with E-state index in [1.807, 2.05) is 0 Å². The van der Waals surface area contributed by atoms with Crippen molar-refractivity contribution in [1.29, 1.82) is 0 Å². The lowest BCUT2D eigenvalue weighted by molar-refractivity contribution is 0.244. The van der Waals surface area contributed by atoms with Gasteiger partial charge in [-0.1, -0.05) is 12.8 Å². The van der Waals surface area contributed by atoms with Crippen molar-refractivity contribution in [1.82, 2.24) is 0 Å². The van der Waals surface area contributed by atoms with Crippen LogP contribution >= 0.6 is 0 Å². The summed E-state index contributed by atoms with van der Waals surface area (Å²) >= 11 is 0. The Kier molecular flexibility index (Phi) is 7.23. The predicted molar refractivity (Wildman–Crippen MR) is 45.0 cm³/mol. The van der Waals surface area contributed by atoms with Crippen LogP contribution in [-0.2, 0) is 0 Å². The van der Waals surface area contributed by atoms with Crippen LogP contribution in [0.2, 0.25) is 0 Å². The number of hydrogen-bond donors (Lipinski definition) is 2. The molecule has 0 rings (SSSR count). The molecule has 0 saturated heterocycles. The molecule has 0 bridgehead atoms. The number of hydrogen-bond acceptors (Lipinski definition) is 2. The van der Waals surface area contributed by atoms with Crippen molar-refractivity contribution in [2.45, 2.75) is 25.7 Å². The molecular weight excluding hydrogens is 140 g/mol. The van der Waals surface area contributed by atoms with Gasteiger partial charge in [0.25, 0.3) is 0 Å². The molecule has 0 aromatic heterocycles. The van der Waals surface area contributed by atoms with Gasteiger partial charge in [-0.15, -0.1) is 12.3 Å². The van der Waals surface area contributed by atoms with E-state index in [2.05, 4.69) is 5.92 Å². The van der Waals surface area contributed by atoms with E-state index < -0.39 is 0 Å². The van der Waals surface area contributed by atoms with E-state index in [0.29, 0.717) is 0 Å². The Labute approximate surface area is 68.2 Å². The van der Waals surface area contributed by atoms with E-state index in [0.717, 1.165) is 25.7 Å². The quantitative estimate of drug-likeness (QED) is 0.441. The smallest absolute Gasteiger partial charge is 0.0568 e. The van der Waals surface area contributed by atoms with Crippen molar-refractivity contribution < 1.29 is 10.2 Å². The van der Waals surface area contributed by atoms with Crippen molar-refractivity contribution in [3.63, 3.8) is 0 Å². The van der Waals surface area contributed by atoms with Gasteiger partial charge in [0.2, 0.25) is 0 Å². The van der Waals surface area contributed by atoms with Gasteiger partial charge in [-0.2, -0.15) is 0 Å². The highest BCUT2D eigenvalue weighted by molar-refractivity contribution is 4.92. The first-order chi connectivity index (χ1) is 5.35. The van der Waals surface area contributed by atoms with Crippen LogP contribution in [0, 0.1) is 18.3 Å². The molecule has 64 valence electrons. The molecule has 0 aromatic carbocycles. The molecule has 0 radical (unpaired) electrons. The number of rotatable bonds is 6. The standard InChI is InChI=1S/C9H16O2/c1-2-9(8-11)6-4-3-5-7-10/h1,9-11H,3-8H2. The van der Waals surface area contributed by atoms with E-state index in [9.17, 15) is 0 Å². The normalized spacial score (nSPS) is 12.5. The number of unbranched alkanes of at least 4 members (excludes halogenated alkanes) is 2. The second-order valence-electron chi connectivity index (χ2n) is 2.62. The van der Waals surface area contributed by atoms with Gasteiger partial charge in [-0.3, -0.25) is 0 Å². The third kappa shape index (κ3) is 5.90. The van der Waals surface area contributed by atoms with E-state index >= 15 is 0 Å². The molecular formula is C9H16O2. The summed E-state index contributed by atoms with van der Waals surface area (Å²) in [4.78, 5) is 0. The molecule has 0 aromatic rings. The first-order valence-corrected chi connectivity index (χ1v) is 4.03. The van der Waals surface area contributed by atoms with Gasteiger partial charge in [-0.25, -0.2) is 0 Å². The summed E-state index contributed by atoms with van der Waals surface area (Å²) in [6.07, 6.45) is 8.83. The van der Waals surface area contributed by atoms with Crippen LogP contribution in [-0.4, -0.2) is 23.4 Å². The average Bonchev–Trinajstić information content (AvgIpc) is 2.05. The van der Waals surface area contributed by atoms with E-state index in [-0.39, 0.29) is 19.1 Å². The molecule has 1 atom stereocenters. The molecule has 0 amide bonds. The number of aliphatic hydroxyl groups is 2. The maximum Gasteiger partial charge on any atom is 0.0568 e. The zero-order valence-corrected chi connectivity index (χ0v) is 6.79. The summed E-state index contributed by atoms with van der Waals surface area (Å²) in [5.41, 5.74) is 0. The summed E-state index contributed by atoms with van der Waals surface area (Å²) in [7, 11) is 0. The summed E-state index contributed by atoms with van der Waals surface area (Å²) in [5, 5.41) is 17.1. The first kappa shape index (κ1) is 10.5. The van der Waals surface area contributed by atoms with Crippen LogP contribution in [0.3, 0.4) is 0 Å². The van der Waals surface area contributed by atoms with Crippen LogP contribution in [0.25, 0.3) is 0 Å². The monoisotopic (exact) mass is 156 g/mol. The van der Waals surface area contributed by atoms with Crippen LogP contribution in [0.1, 0.15) is 25.7 Å². The minimum Gasteiger partial charge on any atom is -0.396 e. The van der Waals surface area contributed by atoms with Crippen LogP contribution in [0.15, 0.2) is 0 Å². The molecule has 1 unspecified atom stereocenters. The lowest BCUT2D eigenvalue weighted by Gasteiger charge is -2.04. The molecule has 0 aliphatic carbocycles. The summed E-state index contributed by atoms with van der Waals surface area (Å²) in [5.74, 6) is 2.52. The Morgan fingerprint density at radius 2 is 1.91 bits per heavy atom. The molecule has 11 heavy (non-hydrogen) atoms. The van der Waals surface area contributed by atoms with E-state index in [1.54, 1.807) is 0 Å². The molecule has 0 aliphatic rings. The van der Waals surface area contributed by atoms with Crippen LogP contribution in [0.4, 0.5) is 0 Å². The Bertz CT molecular complexity index is 115. The molecule has 0 fully saturated rings. The average molecular weight is 156 g/mol. The highest BCUT2D eigenvalue weighted by atomic mass is 16.3. The van der Waals surface area contributed by atoms with Gasteiger partial charge in [0.15, 0.2) is 0 Å². The third-order valence-electron chi connectivity index (χ3n) is 1.67. The molecule has 0 heterocycles. The maximum atomic E-state index is 8.69. The second-order valence-corrected chi connectivity index (χ2v) is 2.62. The fourth-order valence-corrected chi connectivity index (χ4v) is 0.907. The Morgan fingerprint density at radius 1 is 1.18 bits per heavy atom. The number of aliphatic hydroxyl groups excluding tert-OH is 2. The van der Waals surface area contributed by atoms with Crippen molar-refractivity contribution in [3.8, 4) is 12.3 Å². The predicted octanol–water partition coefficient (Wildman–Crippen LogP) is 0.781. The summed E-state index contributed by atoms with van der Waals surface area (Å²) < 4.78 is 0. The SMILES string of the molecule is C#CC(CO)CCCCCO. The van der Waals surface area contributed by atoms with Crippen LogP contribution < -0.4 is 0 Å². The maximum absolute atomic E-state index is 8.69. The molecule has 2 nitrogen and oxygen atoms in total. The van der Waals surface area contributed by atoms with Crippen molar-refractivity contribution >= 4 is 0 Å². The minimum atomic E-state index is 0.00805. The zero-order chi connectivity index (χ0) is 8.53. The van der Waals surface area contributed by atoms with Gasteiger partial charge in [-0.05, 0) is 12.8 Å². The molecule has 2 heteroatoms. The van der Waals surface area contributed by atoms with Gasteiger partial charge >= 0.3 is 0 Å². The highest BCUT2D eigenvalue weighted by Gasteiger charge is 2.01. The van der Waals surface area contributed by atoms with Gasteiger partial charge in [0.1, 0.15) is 0 Å². The Morgan fingerprint density at radius 3 is 2.36 bits per heavy atom. The summed E-state index contributed by atoms with van der Waals surface area (Å²) in [6.45, 7) is 0.329. The highest BCUT2D eigenvalue weighted by Crippen LogP contribution is 2.07. The lowest BCUT2D eigenvalue weighted by atomic mass is 10.0. The topological polar surface area (TPSA) is 40.5 Å². The van der Waals surface area contributed by atoms with Crippen LogP contribution in [0.5, 0.6) is 0 Å². The van der Waals surface area contributed by atoms with E-state index in [4.69, 9.17) is 16.6 Å². The largest absolute Gasteiger partial charge is 0.396 e. The Hall–Kier alpha value is -0.520. The number of terminal acetylenes is 1. The lowest BCUT2D eigenvalue weighted by Crippen LogP contribution is -2.02. The minimum absolute atomic E-state index is 0.00805. The molecule has 2 N–H and O–H groups in total. The second kappa shape index (κ2) is 7.59. The van der Waals surface area contributed by atoms with Crippen molar-refractivity contribution in [2.24, 2.45) is 5.92 Å². The van der Waals surface area contributed by atoms with Crippen molar-refractivity contribution in [2.75, 3.05) is 13.2 Å². The third-order valence-corrected chi connectivity index (χ3v) is 1.67. The zero-order valence-electron chi connectivity index (χ0n) is 6.79. The first-order valence-electron chi connectivity index (χ1n) is 4.03. The molecule has 0 saturated carbocycles. The van der Waals surface area contributed by atoms with E-state index in [1.165, 1.54) is 0 Å². The fourth-order valence-electron chi connectivity index (χ4n) is 0.907.